The normalized spacial score (nSPS) is 10.4. The molecule has 0 unspecified atom stereocenters. The van der Waals surface area contributed by atoms with Crippen LogP contribution in [0.4, 0.5) is 5.69 Å². The minimum Gasteiger partial charge on any atom is -0.502 e. The zero-order valence-corrected chi connectivity index (χ0v) is 11.4. The first-order valence-corrected chi connectivity index (χ1v) is 6.00. The number of benzene rings is 1. The number of H-pyrrole nitrogens is 1. The van der Waals surface area contributed by atoms with Gasteiger partial charge in [-0.1, -0.05) is 6.07 Å². The van der Waals surface area contributed by atoms with Crippen LogP contribution >= 0.6 is 0 Å². The molecule has 1 aromatic carbocycles. The number of carbonyl (C=O) groups excluding carboxylic acids is 1. The van der Waals surface area contributed by atoms with E-state index in [0.29, 0.717) is 11.6 Å². The van der Waals surface area contributed by atoms with E-state index in [2.05, 4.69) is 15.2 Å². The minimum atomic E-state index is -0.745. The Morgan fingerprint density at radius 3 is 2.81 bits per heavy atom. The Kier molecular flexibility index (Phi) is 3.83. The van der Waals surface area contributed by atoms with Crippen LogP contribution in [0.3, 0.4) is 0 Å². The number of nitrogens with one attached hydrogen (secondary N) is 1. The second kappa shape index (κ2) is 5.57. The van der Waals surface area contributed by atoms with Gasteiger partial charge in [0.05, 0.1) is 17.0 Å². The third kappa shape index (κ3) is 2.96. The largest absolute Gasteiger partial charge is 0.502 e. The fourth-order valence-electron chi connectivity index (χ4n) is 1.80. The predicted octanol–water partition coefficient (Wildman–Crippen LogP) is 0.999. The van der Waals surface area contributed by atoms with E-state index in [9.17, 15) is 20.0 Å². The maximum atomic E-state index is 12.2. The van der Waals surface area contributed by atoms with E-state index < -0.39 is 22.3 Å². The zero-order valence-electron chi connectivity index (χ0n) is 11.4. The second-order valence-corrected chi connectivity index (χ2v) is 4.43. The van der Waals surface area contributed by atoms with Gasteiger partial charge in [-0.25, -0.2) is 4.98 Å². The van der Waals surface area contributed by atoms with Crippen LogP contribution in [0.5, 0.6) is 5.75 Å². The van der Waals surface area contributed by atoms with Crippen molar-refractivity contribution in [2.75, 3.05) is 7.05 Å². The Morgan fingerprint density at radius 2 is 2.24 bits per heavy atom. The molecule has 0 fully saturated rings. The summed E-state index contributed by atoms with van der Waals surface area (Å²) in [5.41, 5.74) is -0.651. The lowest BCUT2D eigenvalue weighted by Crippen LogP contribution is -2.27. The second-order valence-electron chi connectivity index (χ2n) is 4.43. The van der Waals surface area contributed by atoms with Crippen LogP contribution in [0.1, 0.15) is 22.0 Å². The predicted molar refractivity (Wildman–Crippen MR) is 71.7 cm³/mol. The first-order valence-electron chi connectivity index (χ1n) is 6.00. The van der Waals surface area contributed by atoms with Crippen LogP contribution in [0.15, 0.2) is 18.2 Å². The van der Waals surface area contributed by atoms with Crippen molar-refractivity contribution in [1.82, 2.24) is 20.1 Å². The summed E-state index contributed by atoms with van der Waals surface area (Å²) >= 11 is 0. The van der Waals surface area contributed by atoms with Crippen molar-refractivity contribution in [3.8, 4) is 5.75 Å². The van der Waals surface area contributed by atoms with Crippen molar-refractivity contribution >= 4 is 11.6 Å². The number of nitro benzene ring substituents is 1. The van der Waals surface area contributed by atoms with Gasteiger partial charge in [-0.3, -0.25) is 20.0 Å². The monoisotopic (exact) mass is 291 g/mol. The molecule has 0 atom stereocenters. The summed E-state index contributed by atoms with van der Waals surface area (Å²) in [6.45, 7) is 1.84. The van der Waals surface area contributed by atoms with Crippen LogP contribution in [0.2, 0.25) is 0 Å². The number of nitrogens with zero attached hydrogens (tertiary/aromatic N) is 4. The summed E-state index contributed by atoms with van der Waals surface area (Å²) in [7, 11) is 1.49. The average Bonchev–Trinajstić information content (AvgIpc) is 2.83. The number of aromatic nitrogens is 3. The van der Waals surface area contributed by atoms with Gasteiger partial charge in [0, 0.05) is 13.1 Å². The summed E-state index contributed by atoms with van der Waals surface area (Å²) in [6.07, 6.45) is 0. The smallest absolute Gasteiger partial charge is 0.311 e. The maximum Gasteiger partial charge on any atom is 0.311 e. The van der Waals surface area contributed by atoms with E-state index in [1.165, 1.54) is 24.1 Å². The number of amides is 1. The Bertz CT molecular complexity index is 697. The number of phenols is 1. The lowest BCUT2D eigenvalue weighted by atomic mass is 10.1. The number of rotatable bonds is 4. The number of nitro groups is 1. The molecule has 9 nitrogen and oxygen atoms in total. The van der Waals surface area contributed by atoms with Crippen molar-refractivity contribution in [3.05, 3.63) is 45.5 Å². The highest BCUT2D eigenvalue weighted by molar-refractivity contribution is 5.97. The van der Waals surface area contributed by atoms with Crippen molar-refractivity contribution < 1.29 is 14.8 Å². The van der Waals surface area contributed by atoms with E-state index in [0.717, 1.165) is 6.07 Å². The van der Waals surface area contributed by atoms with Crippen LogP contribution in [-0.2, 0) is 6.54 Å². The number of aryl methyl sites for hydroxylation is 1. The molecule has 110 valence electrons. The number of phenolic OH excluding ortho intramolecular Hbond substituents is 1. The summed E-state index contributed by atoms with van der Waals surface area (Å²) < 4.78 is 0. The average molecular weight is 291 g/mol. The van der Waals surface area contributed by atoms with Crippen LogP contribution in [-0.4, -0.2) is 43.1 Å². The zero-order chi connectivity index (χ0) is 15.6. The lowest BCUT2D eigenvalue weighted by Gasteiger charge is -2.15. The van der Waals surface area contributed by atoms with Gasteiger partial charge in [0.1, 0.15) is 5.82 Å². The van der Waals surface area contributed by atoms with Gasteiger partial charge in [0.25, 0.3) is 5.91 Å². The van der Waals surface area contributed by atoms with Crippen molar-refractivity contribution in [3.63, 3.8) is 0 Å². The quantitative estimate of drug-likeness (QED) is 0.639. The van der Waals surface area contributed by atoms with E-state index in [1.54, 1.807) is 6.92 Å². The SMILES string of the molecule is Cc1nc(CN(C)C(=O)c2cccc([N+](=O)[O-])c2O)n[nH]1. The highest BCUT2D eigenvalue weighted by Gasteiger charge is 2.23. The molecule has 0 saturated carbocycles. The number of aromatic hydroxyl groups is 1. The highest BCUT2D eigenvalue weighted by Crippen LogP contribution is 2.30. The Balaban J connectivity index is 2.23. The van der Waals surface area contributed by atoms with Gasteiger partial charge in [-0.05, 0) is 13.0 Å². The molecule has 0 aliphatic rings. The molecule has 1 aromatic heterocycles. The van der Waals surface area contributed by atoms with Crippen LogP contribution in [0, 0.1) is 17.0 Å². The standard InChI is InChI=1S/C12H13N5O4/c1-7-13-10(15-14-7)6-16(2)12(19)8-4-3-5-9(11(8)18)17(20)21/h3-5,18H,6H2,1-2H3,(H,13,14,15). The van der Waals surface area contributed by atoms with Crippen molar-refractivity contribution in [2.45, 2.75) is 13.5 Å². The first kappa shape index (κ1) is 14.4. The molecular weight excluding hydrogens is 278 g/mol. The minimum absolute atomic E-state index is 0.116. The van der Waals surface area contributed by atoms with Gasteiger partial charge in [-0.15, -0.1) is 0 Å². The van der Waals surface area contributed by atoms with Crippen molar-refractivity contribution in [2.24, 2.45) is 0 Å². The molecule has 2 rings (SSSR count). The van der Waals surface area contributed by atoms with E-state index in [1.807, 2.05) is 0 Å². The summed E-state index contributed by atoms with van der Waals surface area (Å²) in [5.74, 6) is -0.179. The molecule has 0 aliphatic carbocycles. The third-order valence-electron chi connectivity index (χ3n) is 2.81. The van der Waals surface area contributed by atoms with E-state index >= 15 is 0 Å². The molecule has 0 spiro atoms. The number of para-hydroxylation sites is 1. The molecule has 2 aromatic rings. The number of hydrogen-bond donors (Lipinski definition) is 2. The number of aromatic amines is 1. The lowest BCUT2D eigenvalue weighted by molar-refractivity contribution is -0.385. The molecule has 0 aliphatic heterocycles. The van der Waals surface area contributed by atoms with Gasteiger partial charge in [0.2, 0.25) is 5.75 Å². The summed E-state index contributed by atoms with van der Waals surface area (Å²) in [5, 5.41) is 27.1. The molecule has 0 radical (unpaired) electrons. The Hall–Kier alpha value is -2.97. The molecule has 0 saturated heterocycles. The number of hydrogen-bond acceptors (Lipinski definition) is 6. The van der Waals surface area contributed by atoms with Gasteiger partial charge in [0.15, 0.2) is 5.82 Å². The van der Waals surface area contributed by atoms with Crippen LogP contribution < -0.4 is 0 Å². The molecule has 1 amide bonds. The van der Waals surface area contributed by atoms with Crippen molar-refractivity contribution in [1.29, 1.82) is 0 Å². The summed E-state index contributed by atoms with van der Waals surface area (Å²) in [4.78, 5) is 27.6. The fraction of sp³-hybridized carbons (Fsp3) is 0.250. The Labute approximate surface area is 119 Å². The van der Waals surface area contributed by atoms with Crippen LogP contribution in [0.25, 0.3) is 0 Å². The Morgan fingerprint density at radius 1 is 1.52 bits per heavy atom. The van der Waals surface area contributed by atoms with E-state index in [4.69, 9.17) is 0 Å². The molecular formula is C12H13N5O4. The molecule has 2 N–H and O–H groups in total. The summed E-state index contributed by atoms with van der Waals surface area (Å²) in [6, 6.07) is 3.80. The highest BCUT2D eigenvalue weighted by atomic mass is 16.6. The fourth-order valence-corrected chi connectivity index (χ4v) is 1.80. The maximum absolute atomic E-state index is 12.2. The first-order chi connectivity index (χ1) is 9.90. The van der Waals surface area contributed by atoms with Gasteiger partial charge < -0.3 is 10.0 Å². The van der Waals surface area contributed by atoms with Gasteiger partial charge in [-0.2, -0.15) is 5.10 Å². The molecule has 1 heterocycles. The van der Waals surface area contributed by atoms with E-state index in [-0.39, 0.29) is 12.1 Å². The van der Waals surface area contributed by atoms with Gasteiger partial charge >= 0.3 is 5.69 Å². The molecule has 0 bridgehead atoms. The third-order valence-corrected chi connectivity index (χ3v) is 2.81. The number of carbonyl (C=O) groups is 1. The molecule has 9 heteroatoms. The molecule has 21 heavy (non-hydrogen) atoms. The topological polar surface area (TPSA) is 125 Å².